The van der Waals surface area contributed by atoms with Crippen molar-refractivity contribution in [3.05, 3.63) is 70.7 Å². The normalized spacial score (nSPS) is 11.3. The predicted octanol–water partition coefficient (Wildman–Crippen LogP) is 4.34. The number of nitrogens with zero attached hydrogens (tertiary/aromatic N) is 1. The highest BCUT2D eigenvalue weighted by atomic mass is 32.1. The van der Waals surface area contributed by atoms with E-state index in [2.05, 4.69) is 10.3 Å². The molecule has 0 saturated heterocycles. The van der Waals surface area contributed by atoms with Crippen LogP contribution in [0.15, 0.2) is 53.9 Å². The number of nitrogen functional groups attached to an aromatic ring is 1. The molecule has 0 aliphatic heterocycles. The van der Waals surface area contributed by atoms with Gasteiger partial charge in [-0.15, -0.1) is 11.3 Å². The molecule has 2 aromatic carbocycles. The molecule has 1 heterocycles. The van der Waals surface area contributed by atoms with E-state index >= 15 is 0 Å². The highest BCUT2D eigenvalue weighted by molar-refractivity contribution is 7.13. The number of amides is 1. The largest absolute Gasteiger partial charge is 0.416 e. The van der Waals surface area contributed by atoms with Crippen LogP contribution in [0.25, 0.3) is 10.6 Å². The quantitative estimate of drug-likeness (QED) is 0.665. The fourth-order valence-corrected chi connectivity index (χ4v) is 3.11. The van der Waals surface area contributed by atoms with E-state index in [9.17, 15) is 18.0 Å². The Hall–Kier alpha value is -2.87. The number of hydrogen-bond donors (Lipinski definition) is 2. The van der Waals surface area contributed by atoms with Crippen LogP contribution in [0.5, 0.6) is 0 Å². The van der Waals surface area contributed by atoms with Crippen LogP contribution in [0.3, 0.4) is 0 Å². The molecule has 1 aromatic heterocycles. The lowest BCUT2D eigenvalue weighted by atomic mass is 10.1. The van der Waals surface area contributed by atoms with Gasteiger partial charge in [0.25, 0.3) is 5.91 Å². The van der Waals surface area contributed by atoms with Crippen LogP contribution < -0.4 is 11.1 Å². The number of carbonyl (C=O) groups is 1. The van der Waals surface area contributed by atoms with Gasteiger partial charge in [-0.3, -0.25) is 4.79 Å². The van der Waals surface area contributed by atoms with Gasteiger partial charge < -0.3 is 11.1 Å². The van der Waals surface area contributed by atoms with Gasteiger partial charge in [0, 0.05) is 23.2 Å². The van der Waals surface area contributed by atoms with Crippen molar-refractivity contribution >= 4 is 22.9 Å². The molecule has 0 aliphatic rings. The fourth-order valence-electron chi connectivity index (χ4n) is 2.31. The third-order valence-corrected chi connectivity index (χ3v) is 4.47. The van der Waals surface area contributed by atoms with Crippen molar-refractivity contribution in [2.45, 2.75) is 12.7 Å². The molecule has 0 spiro atoms. The molecule has 26 heavy (non-hydrogen) atoms. The Balaban J connectivity index is 1.68. The van der Waals surface area contributed by atoms with E-state index in [0.29, 0.717) is 16.3 Å². The molecule has 4 nitrogen and oxygen atoms in total. The van der Waals surface area contributed by atoms with E-state index < -0.39 is 17.6 Å². The minimum absolute atomic E-state index is 0.0199. The highest BCUT2D eigenvalue weighted by Crippen LogP contribution is 2.29. The van der Waals surface area contributed by atoms with Gasteiger partial charge in [0.1, 0.15) is 10.7 Å². The van der Waals surface area contributed by atoms with Crippen molar-refractivity contribution in [1.82, 2.24) is 10.3 Å². The third kappa shape index (κ3) is 4.20. The number of rotatable bonds is 4. The van der Waals surface area contributed by atoms with Crippen LogP contribution in [0.2, 0.25) is 0 Å². The average molecular weight is 377 g/mol. The maximum absolute atomic E-state index is 12.7. The molecule has 3 aromatic rings. The second-order valence-electron chi connectivity index (χ2n) is 5.54. The number of thiazole rings is 1. The fraction of sp³-hybridized carbons (Fsp3) is 0.111. The first-order chi connectivity index (χ1) is 12.3. The molecule has 3 rings (SSSR count). The van der Waals surface area contributed by atoms with Crippen LogP contribution in [-0.2, 0) is 12.7 Å². The van der Waals surface area contributed by atoms with Gasteiger partial charge in [-0.25, -0.2) is 4.98 Å². The maximum atomic E-state index is 12.7. The molecule has 0 radical (unpaired) electrons. The van der Waals surface area contributed by atoms with Crippen LogP contribution >= 0.6 is 11.3 Å². The Kier molecular flexibility index (Phi) is 4.94. The van der Waals surface area contributed by atoms with Gasteiger partial charge in [-0.05, 0) is 29.8 Å². The molecule has 0 aliphatic carbocycles. The van der Waals surface area contributed by atoms with E-state index in [1.807, 2.05) is 6.07 Å². The standard InChI is InChI=1S/C18H14F3N3OS/c19-18(20,21)13-5-1-3-11(7-13)9-23-16(25)15-10-26-17(24-15)12-4-2-6-14(22)8-12/h1-8,10H,9,22H2,(H,23,25). The Morgan fingerprint density at radius 1 is 1.15 bits per heavy atom. The number of nitrogens with two attached hydrogens (primary N) is 1. The molecule has 134 valence electrons. The molecule has 0 atom stereocenters. The summed E-state index contributed by atoms with van der Waals surface area (Å²) in [5.74, 6) is -0.450. The molecule has 1 amide bonds. The first-order valence-electron chi connectivity index (χ1n) is 7.59. The van der Waals surface area contributed by atoms with Crippen LogP contribution in [0.1, 0.15) is 21.6 Å². The predicted molar refractivity (Wildman–Crippen MR) is 94.6 cm³/mol. The number of anilines is 1. The minimum atomic E-state index is -4.42. The van der Waals surface area contributed by atoms with Crippen molar-refractivity contribution in [2.75, 3.05) is 5.73 Å². The van der Waals surface area contributed by atoms with Gasteiger partial charge in [-0.2, -0.15) is 13.2 Å². The molecule has 0 fully saturated rings. The van der Waals surface area contributed by atoms with Crippen molar-refractivity contribution in [2.24, 2.45) is 0 Å². The summed E-state index contributed by atoms with van der Waals surface area (Å²) in [6.07, 6.45) is -4.42. The topological polar surface area (TPSA) is 68.0 Å². The molecular weight excluding hydrogens is 363 g/mol. The Morgan fingerprint density at radius 3 is 2.65 bits per heavy atom. The Morgan fingerprint density at radius 2 is 1.92 bits per heavy atom. The zero-order chi connectivity index (χ0) is 18.7. The summed E-state index contributed by atoms with van der Waals surface area (Å²) >= 11 is 1.29. The van der Waals surface area contributed by atoms with Crippen molar-refractivity contribution < 1.29 is 18.0 Å². The van der Waals surface area contributed by atoms with Crippen LogP contribution in [0, 0.1) is 0 Å². The lowest BCUT2D eigenvalue weighted by Gasteiger charge is -2.09. The van der Waals surface area contributed by atoms with E-state index in [1.54, 1.807) is 23.6 Å². The molecular formula is C18H14F3N3OS. The zero-order valence-electron chi connectivity index (χ0n) is 13.4. The SMILES string of the molecule is Nc1cccc(-c2nc(C(=O)NCc3cccc(C(F)(F)F)c3)cs2)c1. The maximum Gasteiger partial charge on any atom is 0.416 e. The van der Waals surface area contributed by atoms with Gasteiger partial charge in [-0.1, -0.05) is 24.3 Å². The number of alkyl halides is 3. The van der Waals surface area contributed by atoms with Gasteiger partial charge in [0.2, 0.25) is 0 Å². The van der Waals surface area contributed by atoms with Crippen LogP contribution in [0.4, 0.5) is 18.9 Å². The van der Waals surface area contributed by atoms with Crippen molar-refractivity contribution in [1.29, 1.82) is 0 Å². The zero-order valence-corrected chi connectivity index (χ0v) is 14.2. The lowest BCUT2D eigenvalue weighted by Crippen LogP contribution is -2.23. The monoisotopic (exact) mass is 377 g/mol. The smallest absolute Gasteiger partial charge is 0.399 e. The van der Waals surface area contributed by atoms with Crippen molar-refractivity contribution in [3.8, 4) is 10.6 Å². The number of hydrogen-bond acceptors (Lipinski definition) is 4. The summed E-state index contributed by atoms with van der Waals surface area (Å²) in [5, 5.41) is 4.82. The number of benzene rings is 2. The second kappa shape index (κ2) is 7.17. The van der Waals surface area contributed by atoms with Gasteiger partial charge in [0.05, 0.1) is 5.56 Å². The minimum Gasteiger partial charge on any atom is -0.399 e. The van der Waals surface area contributed by atoms with Gasteiger partial charge >= 0.3 is 6.18 Å². The summed E-state index contributed by atoms with van der Waals surface area (Å²) in [5.41, 5.74) is 6.94. The molecule has 0 saturated carbocycles. The number of nitrogens with one attached hydrogen (secondary N) is 1. The summed E-state index contributed by atoms with van der Waals surface area (Å²) < 4.78 is 38.2. The summed E-state index contributed by atoms with van der Waals surface area (Å²) in [7, 11) is 0. The van der Waals surface area contributed by atoms with E-state index in [1.165, 1.54) is 23.5 Å². The summed E-state index contributed by atoms with van der Waals surface area (Å²) in [4.78, 5) is 16.5. The molecule has 3 N–H and O–H groups in total. The second-order valence-corrected chi connectivity index (χ2v) is 6.40. The molecule has 0 bridgehead atoms. The molecule has 0 unspecified atom stereocenters. The highest BCUT2D eigenvalue weighted by Gasteiger charge is 2.30. The van der Waals surface area contributed by atoms with Gasteiger partial charge in [0.15, 0.2) is 0 Å². The number of halogens is 3. The van der Waals surface area contributed by atoms with Crippen molar-refractivity contribution in [3.63, 3.8) is 0 Å². The first kappa shape index (κ1) is 17.9. The van der Waals surface area contributed by atoms with Crippen LogP contribution in [-0.4, -0.2) is 10.9 Å². The summed E-state index contributed by atoms with van der Waals surface area (Å²) in [6, 6.07) is 12.0. The third-order valence-electron chi connectivity index (χ3n) is 3.58. The number of aromatic nitrogens is 1. The summed E-state index contributed by atoms with van der Waals surface area (Å²) in [6.45, 7) is -0.0199. The number of carbonyl (C=O) groups excluding carboxylic acids is 1. The lowest BCUT2D eigenvalue weighted by molar-refractivity contribution is -0.137. The average Bonchev–Trinajstić information content (AvgIpc) is 3.09. The molecule has 8 heteroatoms. The Bertz CT molecular complexity index is 937. The van der Waals surface area contributed by atoms with E-state index in [4.69, 9.17) is 5.73 Å². The van der Waals surface area contributed by atoms with E-state index in [0.717, 1.165) is 17.7 Å². The van der Waals surface area contributed by atoms with E-state index in [-0.39, 0.29) is 12.2 Å². The first-order valence-corrected chi connectivity index (χ1v) is 8.46. The Labute approximate surface area is 151 Å².